The van der Waals surface area contributed by atoms with Crippen LogP contribution in [-0.4, -0.2) is 42.0 Å². The van der Waals surface area contributed by atoms with E-state index in [9.17, 15) is 9.59 Å². The SMILES string of the molecule is Cc1cc(NC(=O)COc2ccc(Cl)cc2Cl)n(-c2nc3c(cnn3-c3ccccc3)c(=O)[nH]2)n1. The van der Waals surface area contributed by atoms with Gasteiger partial charge in [0.05, 0.1) is 22.6 Å². The predicted molar refractivity (Wildman–Crippen MR) is 132 cm³/mol. The van der Waals surface area contributed by atoms with Crippen LogP contribution in [0.1, 0.15) is 5.69 Å². The highest BCUT2D eigenvalue weighted by Crippen LogP contribution is 2.27. The number of H-pyrrole nitrogens is 1. The van der Waals surface area contributed by atoms with Gasteiger partial charge in [-0.1, -0.05) is 41.4 Å². The highest BCUT2D eigenvalue weighted by molar-refractivity contribution is 6.35. The number of nitrogens with zero attached hydrogens (tertiary/aromatic N) is 5. The zero-order valence-electron chi connectivity index (χ0n) is 18.2. The summed E-state index contributed by atoms with van der Waals surface area (Å²) in [5, 5.41) is 12.5. The molecule has 3 aromatic heterocycles. The molecule has 10 nitrogen and oxygen atoms in total. The number of aromatic amines is 1. The van der Waals surface area contributed by atoms with Crippen molar-refractivity contribution < 1.29 is 9.53 Å². The number of fused-ring (bicyclic) bond motifs is 1. The largest absolute Gasteiger partial charge is 0.482 e. The third-order valence-corrected chi connectivity index (χ3v) is 5.51. The van der Waals surface area contributed by atoms with E-state index in [4.69, 9.17) is 27.9 Å². The van der Waals surface area contributed by atoms with E-state index in [0.717, 1.165) is 5.69 Å². The fourth-order valence-electron chi connectivity index (χ4n) is 3.43. The van der Waals surface area contributed by atoms with Crippen molar-refractivity contribution >= 4 is 46.0 Å². The third-order valence-electron chi connectivity index (χ3n) is 4.98. The molecule has 5 rings (SSSR count). The Morgan fingerprint density at radius 1 is 1.11 bits per heavy atom. The average molecular weight is 510 g/mol. The summed E-state index contributed by atoms with van der Waals surface area (Å²) in [5.74, 6) is 0.272. The molecule has 0 saturated heterocycles. The number of ether oxygens (including phenoxy) is 1. The Labute approximate surface area is 208 Å². The molecule has 0 saturated carbocycles. The van der Waals surface area contributed by atoms with Gasteiger partial charge in [-0.25, -0.2) is 4.68 Å². The first-order valence-corrected chi connectivity index (χ1v) is 11.1. The molecule has 5 aromatic rings. The average Bonchev–Trinajstić information content (AvgIpc) is 3.42. The normalized spacial score (nSPS) is 11.1. The van der Waals surface area contributed by atoms with Crippen LogP contribution < -0.4 is 15.6 Å². The number of nitrogens with one attached hydrogen (secondary N) is 2. The summed E-state index contributed by atoms with van der Waals surface area (Å²) in [6.07, 6.45) is 1.45. The number of halogens is 2. The minimum atomic E-state index is -0.463. The summed E-state index contributed by atoms with van der Waals surface area (Å²) in [6, 6.07) is 15.7. The molecular formula is C23H17Cl2N7O3. The molecule has 176 valence electrons. The lowest BCUT2D eigenvalue weighted by Crippen LogP contribution is -2.23. The van der Waals surface area contributed by atoms with Crippen LogP contribution >= 0.6 is 23.2 Å². The quantitative estimate of drug-likeness (QED) is 0.357. The Bertz CT molecular complexity index is 1610. The highest BCUT2D eigenvalue weighted by Gasteiger charge is 2.17. The zero-order valence-corrected chi connectivity index (χ0v) is 19.7. The van der Waals surface area contributed by atoms with Gasteiger partial charge in [-0.2, -0.15) is 19.9 Å². The molecule has 12 heteroatoms. The van der Waals surface area contributed by atoms with Gasteiger partial charge in [-0.15, -0.1) is 0 Å². The van der Waals surface area contributed by atoms with Crippen LogP contribution in [0.3, 0.4) is 0 Å². The van der Waals surface area contributed by atoms with Crippen molar-refractivity contribution in [3.63, 3.8) is 0 Å². The van der Waals surface area contributed by atoms with Gasteiger partial charge in [-0.05, 0) is 37.3 Å². The van der Waals surface area contributed by atoms with Crippen LogP contribution in [0, 0.1) is 6.92 Å². The van der Waals surface area contributed by atoms with E-state index in [2.05, 4.69) is 25.5 Å². The van der Waals surface area contributed by atoms with E-state index >= 15 is 0 Å². The number of aromatic nitrogens is 6. The molecule has 0 unspecified atom stereocenters. The number of rotatable bonds is 6. The molecule has 1 amide bonds. The van der Waals surface area contributed by atoms with Crippen LogP contribution in [0.15, 0.2) is 65.6 Å². The monoisotopic (exact) mass is 509 g/mol. The second kappa shape index (κ2) is 9.24. The summed E-state index contributed by atoms with van der Waals surface area (Å²) >= 11 is 12.0. The maximum atomic E-state index is 12.8. The number of carbonyl (C=O) groups is 1. The highest BCUT2D eigenvalue weighted by atomic mass is 35.5. The molecule has 0 bridgehead atoms. The van der Waals surface area contributed by atoms with E-state index in [1.807, 2.05) is 30.3 Å². The van der Waals surface area contributed by atoms with Gasteiger partial charge in [0, 0.05) is 11.1 Å². The molecule has 0 aliphatic heterocycles. The number of benzene rings is 2. The van der Waals surface area contributed by atoms with Crippen molar-refractivity contribution in [3.05, 3.63) is 86.9 Å². The molecule has 2 aromatic carbocycles. The van der Waals surface area contributed by atoms with Crippen molar-refractivity contribution in [2.24, 2.45) is 0 Å². The van der Waals surface area contributed by atoms with Gasteiger partial charge < -0.3 is 10.1 Å². The number of hydrogen-bond donors (Lipinski definition) is 2. The van der Waals surface area contributed by atoms with Gasteiger partial charge in [0.2, 0.25) is 5.95 Å². The van der Waals surface area contributed by atoms with Crippen molar-refractivity contribution in [2.75, 3.05) is 11.9 Å². The van der Waals surface area contributed by atoms with E-state index < -0.39 is 11.5 Å². The molecule has 0 radical (unpaired) electrons. The van der Waals surface area contributed by atoms with Crippen LogP contribution in [0.5, 0.6) is 5.75 Å². The molecule has 35 heavy (non-hydrogen) atoms. The Morgan fingerprint density at radius 2 is 1.91 bits per heavy atom. The lowest BCUT2D eigenvalue weighted by Gasteiger charge is -2.10. The maximum Gasteiger partial charge on any atom is 0.263 e. The van der Waals surface area contributed by atoms with Gasteiger partial charge in [0.25, 0.3) is 11.5 Å². The minimum absolute atomic E-state index is 0.116. The number of aryl methyl sites for hydroxylation is 1. The van der Waals surface area contributed by atoms with Crippen LogP contribution in [-0.2, 0) is 4.79 Å². The van der Waals surface area contributed by atoms with Crippen molar-refractivity contribution in [3.8, 4) is 17.4 Å². The number of para-hydroxylation sites is 1. The standard InChI is InChI=1S/C23H17Cl2N7O3/c1-13-9-19(27-20(33)12-35-18-8-7-14(24)10-17(18)25)32(30-13)23-28-21-16(22(34)29-23)11-26-31(21)15-5-3-2-4-6-15/h2-11H,12H2,1H3,(H,27,33)(H,28,29,34). The Morgan fingerprint density at radius 3 is 2.69 bits per heavy atom. The molecule has 0 spiro atoms. The van der Waals surface area contributed by atoms with E-state index in [-0.39, 0.29) is 17.6 Å². The van der Waals surface area contributed by atoms with Crippen LogP contribution in [0.2, 0.25) is 10.0 Å². The Hall–Kier alpha value is -4.15. The summed E-state index contributed by atoms with van der Waals surface area (Å²) < 4.78 is 8.39. The van der Waals surface area contributed by atoms with Gasteiger partial charge in [-0.3, -0.25) is 14.6 Å². The first-order valence-electron chi connectivity index (χ1n) is 10.4. The molecule has 3 heterocycles. The first kappa shape index (κ1) is 22.6. The summed E-state index contributed by atoms with van der Waals surface area (Å²) in [7, 11) is 0. The molecular weight excluding hydrogens is 493 g/mol. The summed E-state index contributed by atoms with van der Waals surface area (Å²) in [6.45, 7) is 1.44. The van der Waals surface area contributed by atoms with E-state index in [0.29, 0.717) is 33.3 Å². The fraction of sp³-hybridized carbons (Fsp3) is 0.0870. The number of hydrogen-bond acceptors (Lipinski definition) is 6. The molecule has 0 fully saturated rings. The Balaban J connectivity index is 1.44. The maximum absolute atomic E-state index is 12.8. The second-order valence-corrected chi connectivity index (χ2v) is 8.36. The predicted octanol–water partition coefficient (Wildman–Crippen LogP) is 3.93. The molecule has 0 aliphatic rings. The summed E-state index contributed by atoms with van der Waals surface area (Å²) in [5.41, 5.74) is 1.30. The zero-order chi connectivity index (χ0) is 24.5. The van der Waals surface area contributed by atoms with Gasteiger partial charge in [0.15, 0.2) is 12.3 Å². The molecule has 2 N–H and O–H groups in total. The molecule has 0 atom stereocenters. The van der Waals surface area contributed by atoms with Gasteiger partial charge >= 0.3 is 0 Å². The Kier molecular flexibility index (Phi) is 5.98. The fourth-order valence-corrected chi connectivity index (χ4v) is 3.89. The van der Waals surface area contributed by atoms with Crippen LogP contribution in [0.4, 0.5) is 5.82 Å². The van der Waals surface area contributed by atoms with Crippen molar-refractivity contribution in [1.29, 1.82) is 0 Å². The van der Waals surface area contributed by atoms with Crippen LogP contribution in [0.25, 0.3) is 22.7 Å². The lowest BCUT2D eigenvalue weighted by molar-refractivity contribution is -0.118. The number of amides is 1. The van der Waals surface area contributed by atoms with E-state index in [1.54, 1.807) is 29.8 Å². The van der Waals surface area contributed by atoms with Gasteiger partial charge in [0.1, 0.15) is 17.0 Å². The van der Waals surface area contributed by atoms with Crippen molar-refractivity contribution in [1.82, 2.24) is 29.5 Å². The minimum Gasteiger partial charge on any atom is -0.482 e. The smallest absolute Gasteiger partial charge is 0.263 e. The lowest BCUT2D eigenvalue weighted by atomic mass is 10.3. The molecule has 0 aliphatic carbocycles. The third kappa shape index (κ3) is 4.61. The van der Waals surface area contributed by atoms with E-state index in [1.165, 1.54) is 16.9 Å². The first-order chi connectivity index (χ1) is 16.9. The summed E-state index contributed by atoms with van der Waals surface area (Å²) in [4.78, 5) is 32.6. The van der Waals surface area contributed by atoms with Crippen molar-refractivity contribution in [2.45, 2.75) is 6.92 Å². The number of carbonyl (C=O) groups excluding carboxylic acids is 1. The number of anilines is 1. The second-order valence-electron chi connectivity index (χ2n) is 7.51. The topological polar surface area (TPSA) is 120 Å².